The van der Waals surface area contributed by atoms with Crippen LogP contribution in [0.1, 0.15) is 12.8 Å². The van der Waals surface area contributed by atoms with E-state index in [-0.39, 0.29) is 0 Å². The van der Waals surface area contributed by atoms with E-state index in [1.54, 1.807) is 0 Å². The molecular weight excluding hydrogens is 239 g/mol. The summed E-state index contributed by atoms with van der Waals surface area (Å²) in [4.78, 5) is 0. The zero-order valence-corrected chi connectivity index (χ0v) is 10.2. The predicted octanol–water partition coefficient (Wildman–Crippen LogP) is 3.99. The van der Waals surface area contributed by atoms with E-state index in [0.29, 0.717) is 0 Å². The Balaban J connectivity index is 0.000000174. The monoisotopic (exact) mass is 248 g/mol. The molecule has 0 N–H and O–H groups in total. The summed E-state index contributed by atoms with van der Waals surface area (Å²) in [7, 11) is 9.78. The van der Waals surface area contributed by atoms with Gasteiger partial charge in [0.2, 0.25) is 0 Å². The molecule has 2 rings (SSSR count). The summed E-state index contributed by atoms with van der Waals surface area (Å²) in [5.74, 6) is 0. The normalized spacial score (nSPS) is 14.6. The first-order valence-electron chi connectivity index (χ1n) is 3.83. The summed E-state index contributed by atoms with van der Waals surface area (Å²) in [6, 6.07) is 0. The molecule has 3 heteroatoms. The zero-order valence-electron chi connectivity index (χ0n) is 7.13. The van der Waals surface area contributed by atoms with Gasteiger partial charge in [-0.25, -0.2) is 24.3 Å². The molecule has 0 radical (unpaired) electrons. The van der Waals surface area contributed by atoms with E-state index in [0.717, 1.165) is 12.8 Å². The van der Waals surface area contributed by atoms with Gasteiger partial charge in [-0.2, -0.15) is 12.2 Å². The van der Waals surface area contributed by atoms with Crippen LogP contribution in [0.25, 0.3) is 0 Å². The molecule has 0 aliphatic heterocycles. The van der Waals surface area contributed by atoms with Crippen molar-refractivity contribution >= 4 is 18.6 Å². The summed E-state index contributed by atoms with van der Waals surface area (Å²) in [5, 5.41) is 0. The van der Waals surface area contributed by atoms with Gasteiger partial charge in [-0.05, 0) is 0 Å². The Morgan fingerprint density at radius 1 is 0.923 bits per heavy atom. The molecule has 0 fully saturated rings. The van der Waals surface area contributed by atoms with Crippen molar-refractivity contribution in [2.24, 2.45) is 0 Å². The molecule has 0 saturated heterocycles. The van der Waals surface area contributed by atoms with Crippen molar-refractivity contribution in [3.63, 3.8) is 0 Å². The van der Waals surface area contributed by atoms with Crippen LogP contribution in [-0.4, -0.2) is 0 Å². The fraction of sp³-hybridized carbons (Fsp3) is 0.200. The Labute approximate surface area is 96.7 Å². The second-order valence-corrected chi connectivity index (χ2v) is 4.67. The van der Waals surface area contributed by atoms with Crippen molar-refractivity contribution in [3.05, 3.63) is 48.6 Å². The molecule has 0 nitrogen and oxygen atoms in total. The van der Waals surface area contributed by atoms with Crippen LogP contribution in [0.5, 0.6) is 0 Å². The molecular formula is C10H10Cl2Ti-2. The van der Waals surface area contributed by atoms with Gasteiger partial charge < -0.3 is 0 Å². The Morgan fingerprint density at radius 3 is 1.38 bits per heavy atom. The molecule has 70 valence electrons. The SMILES string of the molecule is [C-]1=CCC=C1.[C-]1=CCC=C1.[Cl][Ti][Cl]. The molecule has 0 heterocycles. The second kappa shape index (κ2) is 12.3. The molecule has 2 aliphatic carbocycles. The third kappa shape index (κ3) is 12.3. The van der Waals surface area contributed by atoms with Crippen LogP contribution >= 0.6 is 18.6 Å². The van der Waals surface area contributed by atoms with E-state index < -0.39 is 17.0 Å². The molecule has 0 unspecified atom stereocenters. The molecule has 0 atom stereocenters. The minimum absolute atomic E-state index is 0.556. The van der Waals surface area contributed by atoms with E-state index >= 15 is 0 Å². The molecule has 0 aromatic heterocycles. The van der Waals surface area contributed by atoms with Gasteiger partial charge in [-0.15, -0.1) is 12.8 Å². The Bertz CT molecular complexity index is 163. The van der Waals surface area contributed by atoms with Gasteiger partial charge in [-0.1, -0.05) is 0 Å². The number of rotatable bonds is 0. The molecule has 0 aromatic carbocycles. The Hall–Kier alpha value is 0.254. The Kier molecular flexibility index (Phi) is 12.5. The molecule has 13 heavy (non-hydrogen) atoms. The molecule has 0 saturated carbocycles. The number of hydrogen-bond acceptors (Lipinski definition) is 0. The molecule has 0 spiro atoms. The van der Waals surface area contributed by atoms with Crippen LogP contribution in [0.4, 0.5) is 0 Å². The maximum atomic E-state index is 4.89. The molecule has 2 aliphatic rings. The average Bonchev–Trinajstić information content (AvgIpc) is 2.85. The van der Waals surface area contributed by atoms with Crippen LogP contribution in [0.3, 0.4) is 0 Å². The van der Waals surface area contributed by atoms with Crippen molar-refractivity contribution < 1.29 is 17.0 Å². The van der Waals surface area contributed by atoms with Gasteiger partial charge in [0.15, 0.2) is 0 Å². The van der Waals surface area contributed by atoms with Crippen molar-refractivity contribution in [2.45, 2.75) is 12.8 Å². The van der Waals surface area contributed by atoms with Gasteiger partial charge in [0, 0.05) is 0 Å². The van der Waals surface area contributed by atoms with Gasteiger partial charge in [0.1, 0.15) is 0 Å². The molecule has 0 amide bonds. The zero-order chi connectivity index (χ0) is 9.78. The van der Waals surface area contributed by atoms with Gasteiger partial charge in [0.25, 0.3) is 0 Å². The fourth-order valence-electron chi connectivity index (χ4n) is 0.680. The summed E-state index contributed by atoms with van der Waals surface area (Å²) >= 11 is -0.556. The summed E-state index contributed by atoms with van der Waals surface area (Å²) in [5.41, 5.74) is 0. The van der Waals surface area contributed by atoms with Crippen LogP contribution in [-0.2, 0) is 17.0 Å². The first kappa shape index (κ1) is 13.3. The van der Waals surface area contributed by atoms with Crippen LogP contribution in [0.2, 0.25) is 0 Å². The Morgan fingerprint density at radius 2 is 1.31 bits per heavy atom. The summed E-state index contributed by atoms with van der Waals surface area (Å²) in [6.45, 7) is 0. The van der Waals surface area contributed by atoms with E-state index in [4.69, 9.17) is 18.6 Å². The van der Waals surface area contributed by atoms with E-state index in [1.807, 2.05) is 24.3 Å². The van der Waals surface area contributed by atoms with Gasteiger partial charge >= 0.3 is 35.6 Å². The fourth-order valence-corrected chi connectivity index (χ4v) is 0.680. The van der Waals surface area contributed by atoms with Crippen molar-refractivity contribution in [1.82, 2.24) is 0 Å². The number of allylic oxidation sites excluding steroid dienone is 8. The molecule has 0 aromatic rings. The van der Waals surface area contributed by atoms with Crippen LogP contribution in [0, 0.1) is 12.2 Å². The summed E-state index contributed by atoms with van der Waals surface area (Å²) < 4.78 is 0. The van der Waals surface area contributed by atoms with Crippen molar-refractivity contribution in [1.29, 1.82) is 0 Å². The maximum absolute atomic E-state index is 4.89. The third-order valence-corrected chi connectivity index (χ3v) is 1.17. The standard InChI is InChI=1S/2C5H5.2ClH.Ti/c2*1-2-4-5-3-1;;;/h2*1-2,5H,3H2;2*1H;/q2*-1;;;+2/p-2. The van der Waals surface area contributed by atoms with Crippen LogP contribution < -0.4 is 0 Å². The van der Waals surface area contributed by atoms with Crippen LogP contribution in [0.15, 0.2) is 36.5 Å². The molecule has 0 bridgehead atoms. The summed E-state index contributed by atoms with van der Waals surface area (Å²) in [6.07, 6.45) is 20.0. The number of halogens is 2. The van der Waals surface area contributed by atoms with Crippen molar-refractivity contribution in [2.75, 3.05) is 0 Å². The topological polar surface area (TPSA) is 0 Å². The van der Waals surface area contributed by atoms with Crippen molar-refractivity contribution in [3.8, 4) is 0 Å². The van der Waals surface area contributed by atoms with Gasteiger partial charge in [-0.3, -0.25) is 12.2 Å². The number of hydrogen-bond donors (Lipinski definition) is 0. The van der Waals surface area contributed by atoms with E-state index in [2.05, 4.69) is 24.3 Å². The second-order valence-electron chi connectivity index (χ2n) is 2.09. The van der Waals surface area contributed by atoms with Gasteiger partial charge in [0.05, 0.1) is 0 Å². The predicted molar refractivity (Wildman–Crippen MR) is 54.8 cm³/mol. The third-order valence-electron chi connectivity index (χ3n) is 1.17. The average molecular weight is 249 g/mol. The minimum atomic E-state index is -0.556. The van der Waals surface area contributed by atoms with E-state index in [1.165, 1.54) is 0 Å². The first-order valence-corrected chi connectivity index (χ1v) is 8.13. The first-order chi connectivity index (χ1) is 6.41. The quantitative estimate of drug-likeness (QED) is 0.449. The van der Waals surface area contributed by atoms with E-state index in [9.17, 15) is 0 Å².